The van der Waals surface area contributed by atoms with E-state index in [-0.39, 0.29) is 24.0 Å². The third-order valence-corrected chi connectivity index (χ3v) is 5.60. The number of aliphatic imine (C=N–C) groups is 1. The highest BCUT2D eigenvalue weighted by Gasteiger charge is 2.21. The molecule has 2 heterocycles. The number of hydrogen-bond acceptors (Lipinski definition) is 4. The summed E-state index contributed by atoms with van der Waals surface area (Å²) in [5, 5.41) is 3.50. The predicted molar refractivity (Wildman–Crippen MR) is 133 cm³/mol. The predicted octanol–water partition coefficient (Wildman–Crippen LogP) is 2.62. The third kappa shape index (κ3) is 5.15. The van der Waals surface area contributed by atoms with Crippen molar-refractivity contribution in [3.8, 4) is 0 Å². The molecule has 0 amide bonds. The van der Waals surface area contributed by atoms with Gasteiger partial charge in [-0.15, -0.1) is 24.0 Å². The molecule has 1 aromatic carbocycles. The number of anilines is 2. The van der Waals surface area contributed by atoms with Gasteiger partial charge in [0, 0.05) is 60.1 Å². The fourth-order valence-electron chi connectivity index (χ4n) is 3.75. The van der Waals surface area contributed by atoms with Crippen LogP contribution in [0.1, 0.15) is 16.8 Å². The van der Waals surface area contributed by atoms with E-state index in [1.54, 1.807) is 0 Å². The van der Waals surface area contributed by atoms with Crippen molar-refractivity contribution in [3.05, 3.63) is 41.2 Å². The Hall–Kier alpha value is -1.97. The number of nitrogens with zero attached hydrogens (tertiary/aromatic N) is 6. The van der Waals surface area contributed by atoms with Crippen LogP contribution in [-0.4, -0.2) is 67.7 Å². The van der Waals surface area contributed by atoms with Crippen LogP contribution in [0.25, 0.3) is 0 Å². The number of rotatable bonds is 4. The summed E-state index contributed by atoms with van der Waals surface area (Å²) in [6.07, 6.45) is 1.92. The summed E-state index contributed by atoms with van der Waals surface area (Å²) in [5.41, 5.74) is 5.23. The van der Waals surface area contributed by atoms with Gasteiger partial charge in [0.2, 0.25) is 5.95 Å². The zero-order valence-corrected chi connectivity index (χ0v) is 20.8. The average Bonchev–Trinajstić information content (AvgIpc) is 3.06. The molecule has 160 valence electrons. The van der Waals surface area contributed by atoms with Gasteiger partial charge in [0.05, 0.1) is 18.4 Å². The van der Waals surface area contributed by atoms with Crippen molar-refractivity contribution in [3.63, 3.8) is 0 Å². The number of guanidine groups is 1. The molecule has 29 heavy (non-hydrogen) atoms. The van der Waals surface area contributed by atoms with Gasteiger partial charge in [0.15, 0.2) is 5.96 Å². The van der Waals surface area contributed by atoms with Crippen LogP contribution in [-0.2, 0) is 13.6 Å². The summed E-state index contributed by atoms with van der Waals surface area (Å²) >= 11 is 0. The Kier molecular flexibility index (Phi) is 8.18. The molecule has 8 heteroatoms. The van der Waals surface area contributed by atoms with Crippen LogP contribution in [0.4, 0.5) is 11.6 Å². The first-order chi connectivity index (χ1) is 13.4. The molecule has 0 unspecified atom stereocenters. The van der Waals surface area contributed by atoms with Crippen molar-refractivity contribution in [1.82, 2.24) is 19.8 Å². The van der Waals surface area contributed by atoms with Crippen molar-refractivity contribution in [1.29, 1.82) is 0 Å². The van der Waals surface area contributed by atoms with Crippen LogP contribution in [0.3, 0.4) is 0 Å². The van der Waals surface area contributed by atoms with E-state index in [1.807, 2.05) is 39.3 Å². The second kappa shape index (κ2) is 10.2. The highest BCUT2D eigenvalue weighted by Crippen LogP contribution is 2.23. The van der Waals surface area contributed by atoms with Crippen LogP contribution >= 0.6 is 24.0 Å². The Morgan fingerprint density at radius 1 is 1.17 bits per heavy atom. The lowest BCUT2D eigenvalue weighted by Crippen LogP contribution is -2.52. The third-order valence-electron chi connectivity index (χ3n) is 5.60. The van der Waals surface area contributed by atoms with Gasteiger partial charge in [-0.2, -0.15) is 0 Å². The molecule has 7 nitrogen and oxygen atoms in total. The molecule has 1 aliphatic rings. The maximum atomic E-state index is 4.50. The molecule has 2 aromatic rings. The molecule has 1 fully saturated rings. The number of aromatic nitrogens is 2. The second-order valence-electron chi connectivity index (χ2n) is 7.60. The summed E-state index contributed by atoms with van der Waals surface area (Å²) in [7, 11) is 7.92. The Balaban J connectivity index is 0.00000300. The first kappa shape index (κ1) is 23.3. The zero-order valence-electron chi connectivity index (χ0n) is 18.4. The van der Waals surface area contributed by atoms with Gasteiger partial charge in [-0.05, 0) is 31.0 Å². The first-order valence-electron chi connectivity index (χ1n) is 9.87. The maximum absolute atomic E-state index is 4.50. The number of nitrogens with one attached hydrogen (secondary N) is 1. The first-order valence-corrected chi connectivity index (χ1v) is 9.87. The number of hydrogen-bond donors (Lipinski definition) is 1. The van der Waals surface area contributed by atoms with Gasteiger partial charge in [-0.1, -0.05) is 12.1 Å². The molecule has 0 radical (unpaired) electrons. The summed E-state index contributed by atoms with van der Waals surface area (Å²) in [4.78, 5) is 15.8. The smallest absolute Gasteiger partial charge is 0.204 e. The SMILES string of the molecule is CN=C(NCc1cnc(N(C)C)n1C)N1CCN(c2cccc(C)c2C)CC1.I. The van der Waals surface area contributed by atoms with Crippen LogP contribution in [0.2, 0.25) is 0 Å². The summed E-state index contributed by atoms with van der Waals surface area (Å²) in [6, 6.07) is 6.57. The number of imidazole rings is 1. The minimum atomic E-state index is 0. The molecule has 1 aromatic heterocycles. The fraction of sp³-hybridized carbons (Fsp3) is 0.524. The molecule has 0 bridgehead atoms. The van der Waals surface area contributed by atoms with Crippen molar-refractivity contribution >= 4 is 41.6 Å². The average molecular weight is 511 g/mol. The lowest BCUT2D eigenvalue weighted by Gasteiger charge is -2.38. The topological polar surface area (TPSA) is 51.9 Å². The molecule has 0 aliphatic carbocycles. The van der Waals surface area contributed by atoms with Gasteiger partial charge in [0.1, 0.15) is 0 Å². The number of halogens is 1. The van der Waals surface area contributed by atoms with Crippen LogP contribution in [0, 0.1) is 13.8 Å². The van der Waals surface area contributed by atoms with Crippen molar-refractivity contribution < 1.29 is 0 Å². The molecule has 1 N–H and O–H groups in total. The van der Waals surface area contributed by atoms with Crippen LogP contribution in [0.15, 0.2) is 29.4 Å². The maximum Gasteiger partial charge on any atom is 0.204 e. The number of piperazine rings is 1. The molecule has 1 saturated heterocycles. The van der Waals surface area contributed by atoms with Gasteiger partial charge in [0.25, 0.3) is 0 Å². The van der Waals surface area contributed by atoms with Crippen molar-refractivity contribution in [2.45, 2.75) is 20.4 Å². The minimum Gasteiger partial charge on any atom is -0.368 e. The van der Waals surface area contributed by atoms with E-state index in [0.717, 1.165) is 43.8 Å². The Labute approximate surface area is 191 Å². The lowest BCUT2D eigenvalue weighted by atomic mass is 10.1. The normalized spacial score (nSPS) is 14.6. The van der Waals surface area contributed by atoms with Gasteiger partial charge >= 0.3 is 0 Å². The second-order valence-corrected chi connectivity index (χ2v) is 7.60. The molecular weight excluding hydrogens is 477 g/mol. The fourth-order valence-corrected chi connectivity index (χ4v) is 3.75. The Morgan fingerprint density at radius 3 is 2.45 bits per heavy atom. The summed E-state index contributed by atoms with van der Waals surface area (Å²) in [6.45, 7) is 9.03. The van der Waals surface area contributed by atoms with E-state index in [0.29, 0.717) is 6.54 Å². The van der Waals surface area contributed by atoms with Crippen molar-refractivity contribution in [2.75, 3.05) is 57.1 Å². The lowest BCUT2D eigenvalue weighted by molar-refractivity contribution is 0.372. The van der Waals surface area contributed by atoms with Crippen LogP contribution in [0.5, 0.6) is 0 Å². The van der Waals surface area contributed by atoms with E-state index >= 15 is 0 Å². The van der Waals surface area contributed by atoms with Crippen LogP contribution < -0.4 is 15.1 Å². The quantitative estimate of drug-likeness (QED) is 0.389. The Bertz CT molecular complexity index is 836. The minimum absolute atomic E-state index is 0. The van der Waals surface area contributed by atoms with E-state index in [1.165, 1.54) is 16.8 Å². The number of benzene rings is 1. The Morgan fingerprint density at radius 2 is 1.86 bits per heavy atom. The standard InChI is InChI=1S/C21H33N7.HI/c1-16-8-7-9-19(17(16)2)27-10-12-28(13-11-27)20(22-3)23-14-18-15-24-21(25(4)5)26(18)6;/h7-9,15H,10-14H2,1-6H3,(H,22,23);1H. The van der Waals surface area contributed by atoms with Gasteiger partial charge in [-0.3, -0.25) is 4.99 Å². The molecule has 3 rings (SSSR count). The molecule has 0 atom stereocenters. The number of aryl methyl sites for hydroxylation is 1. The molecular formula is C21H34IN7. The van der Waals surface area contributed by atoms with E-state index in [4.69, 9.17) is 0 Å². The van der Waals surface area contributed by atoms with E-state index in [2.05, 4.69) is 61.7 Å². The monoisotopic (exact) mass is 511 g/mol. The molecule has 0 saturated carbocycles. The van der Waals surface area contributed by atoms with Gasteiger partial charge < -0.3 is 24.6 Å². The molecule has 0 spiro atoms. The van der Waals surface area contributed by atoms with E-state index < -0.39 is 0 Å². The highest BCUT2D eigenvalue weighted by atomic mass is 127. The molecule has 1 aliphatic heterocycles. The zero-order chi connectivity index (χ0) is 20.3. The van der Waals surface area contributed by atoms with Gasteiger partial charge in [-0.25, -0.2) is 4.98 Å². The largest absolute Gasteiger partial charge is 0.368 e. The highest BCUT2D eigenvalue weighted by molar-refractivity contribution is 14.0. The van der Waals surface area contributed by atoms with Crippen molar-refractivity contribution in [2.24, 2.45) is 12.0 Å². The summed E-state index contributed by atoms with van der Waals surface area (Å²) in [5.74, 6) is 1.90. The summed E-state index contributed by atoms with van der Waals surface area (Å²) < 4.78 is 2.11. The van der Waals surface area contributed by atoms with E-state index in [9.17, 15) is 0 Å².